The van der Waals surface area contributed by atoms with Crippen molar-refractivity contribution in [1.82, 2.24) is 10.2 Å². The van der Waals surface area contributed by atoms with Gasteiger partial charge in [0.25, 0.3) is 0 Å². The zero-order valence-corrected chi connectivity index (χ0v) is 12.9. The summed E-state index contributed by atoms with van der Waals surface area (Å²) in [5.74, 6) is 0.273. The minimum Gasteiger partial charge on any atom is -0.395 e. The molecule has 1 heterocycles. The first-order valence-electron chi connectivity index (χ1n) is 7.14. The number of rotatable bonds is 4. The highest BCUT2D eigenvalue weighted by atomic mass is 16.1. The SMILES string of the molecule is CN(C)c1cccc(-c2ccc3c(N)c(NC=O)nnc3c2)c1. The monoisotopic (exact) mass is 307 g/mol. The molecule has 1 aromatic heterocycles. The molecule has 3 N–H and O–H groups in total. The molecule has 0 saturated carbocycles. The first-order chi connectivity index (χ1) is 11.1. The van der Waals surface area contributed by atoms with Crippen molar-refractivity contribution in [2.45, 2.75) is 0 Å². The van der Waals surface area contributed by atoms with Gasteiger partial charge < -0.3 is 16.0 Å². The smallest absolute Gasteiger partial charge is 0.212 e. The maximum Gasteiger partial charge on any atom is 0.212 e. The molecule has 0 saturated heterocycles. The molecular weight excluding hydrogens is 290 g/mol. The van der Waals surface area contributed by atoms with E-state index in [1.54, 1.807) is 0 Å². The van der Waals surface area contributed by atoms with Gasteiger partial charge in [0.15, 0.2) is 5.82 Å². The van der Waals surface area contributed by atoms with Gasteiger partial charge in [-0.1, -0.05) is 18.2 Å². The van der Waals surface area contributed by atoms with Crippen LogP contribution in [0.15, 0.2) is 42.5 Å². The van der Waals surface area contributed by atoms with E-state index in [4.69, 9.17) is 5.73 Å². The van der Waals surface area contributed by atoms with Crippen molar-refractivity contribution < 1.29 is 4.79 Å². The van der Waals surface area contributed by atoms with Crippen LogP contribution in [0.5, 0.6) is 0 Å². The lowest BCUT2D eigenvalue weighted by Crippen LogP contribution is -2.08. The van der Waals surface area contributed by atoms with Crippen LogP contribution in [0.25, 0.3) is 22.0 Å². The number of nitrogens with zero attached hydrogens (tertiary/aromatic N) is 3. The third-order valence-electron chi connectivity index (χ3n) is 3.69. The second-order valence-corrected chi connectivity index (χ2v) is 5.40. The summed E-state index contributed by atoms with van der Waals surface area (Å²) in [7, 11) is 4.01. The fourth-order valence-electron chi connectivity index (χ4n) is 2.43. The van der Waals surface area contributed by atoms with Crippen LogP contribution in [-0.2, 0) is 4.79 Å². The second kappa shape index (κ2) is 5.92. The molecule has 0 fully saturated rings. The van der Waals surface area contributed by atoms with E-state index < -0.39 is 0 Å². The summed E-state index contributed by atoms with van der Waals surface area (Å²) in [6, 6.07) is 14.1. The fraction of sp³-hybridized carbons (Fsp3) is 0.118. The number of nitrogens with one attached hydrogen (secondary N) is 1. The number of amides is 1. The van der Waals surface area contributed by atoms with E-state index in [9.17, 15) is 4.79 Å². The number of carbonyl (C=O) groups excluding carboxylic acids is 1. The summed E-state index contributed by atoms with van der Waals surface area (Å²) in [6.07, 6.45) is 0.535. The van der Waals surface area contributed by atoms with Crippen LogP contribution in [0, 0.1) is 0 Å². The highest BCUT2D eigenvalue weighted by molar-refractivity contribution is 5.98. The Balaban J connectivity index is 2.09. The van der Waals surface area contributed by atoms with Gasteiger partial charge in [0, 0.05) is 25.2 Å². The molecule has 0 aliphatic heterocycles. The first-order valence-corrected chi connectivity index (χ1v) is 7.14. The lowest BCUT2D eigenvalue weighted by Gasteiger charge is -2.14. The normalized spacial score (nSPS) is 10.5. The van der Waals surface area contributed by atoms with Gasteiger partial charge in [-0.25, -0.2) is 0 Å². The molecule has 2 aromatic carbocycles. The summed E-state index contributed by atoms with van der Waals surface area (Å²) in [5, 5.41) is 11.3. The van der Waals surface area contributed by atoms with E-state index in [0.717, 1.165) is 22.2 Å². The summed E-state index contributed by atoms with van der Waals surface area (Å²) in [4.78, 5) is 12.6. The molecule has 0 radical (unpaired) electrons. The Bertz CT molecular complexity index is 876. The summed E-state index contributed by atoms with van der Waals surface area (Å²) >= 11 is 0. The van der Waals surface area contributed by atoms with Gasteiger partial charge in [0.2, 0.25) is 6.41 Å². The summed E-state index contributed by atoms with van der Waals surface area (Å²) < 4.78 is 0. The molecule has 0 atom stereocenters. The molecule has 0 bridgehead atoms. The van der Waals surface area contributed by atoms with E-state index in [2.05, 4.69) is 32.5 Å². The summed E-state index contributed by atoms with van der Waals surface area (Å²) in [5.41, 5.74) is 10.4. The Morgan fingerprint density at radius 2 is 1.87 bits per heavy atom. The highest BCUT2D eigenvalue weighted by Crippen LogP contribution is 2.30. The van der Waals surface area contributed by atoms with Crippen LogP contribution in [-0.4, -0.2) is 30.7 Å². The molecule has 3 rings (SSSR count). The number of nitrogens with two attached hydrogens (primary N) is 1. The van der Waals surface area contributed by atoms with Crippen molar-refractivity contribution in [2.75, 3.05) is 30.0 Å². The Labute approximate surface area is 133 Å². The number of benzene rings is 2. The molecule has 6 heteroatoms. The largest absolute Gasteiger partial charge is 0.395 e. The van der Waals surface area contributed by atoms with Crippen molar-refractivity contribution in [3.63, 3.8) is 0 Å². The van der Waals surface area contributed by atoms with Crippen molar-refractivity contribution in [3.8, 4) is 11.1 Å². The standard InChI is InChI=1S/C17H17N5O/c1-22(2)13-5-3-4-11(8-13)12-6-7-14-15(9-12)20-21-17(16(14)18)19-10-23/h3-10H,1-2H3,(H2,18,20)(H,19,21,23). The van der Waals surface area contributed by atoms with Crippen LogP contribution in [0.2, 0.25) is 0 Å². The molecule has 0 spiro atoms. The van der Waals surface area contributed by atoms with Gasteiger partial charge in [-0.2, -0.15) is 0 Å². The molecule has 0 aliphatic rings. The van der Waals surface area contributed by atoms with Gasteiger partial charge in [-0.15, -0.1) is 10.2 Å². The van der Waals surface area contributed by atoms with Crippen LogP contribution < -0.4 is 16.0 Å². The Kier molecular flexibility index (Phi) is 3.80. The lowest BCUT2D eigenvalue weighted by molar-refractivity contribution is -0.105. The molecular formula is C17H17N5O. The van der Waals surface area contributed by atoms with Gasteiger partial charge in [-0.3, -0.25) is 4.79 Å². The third kappa shape index (κ3) is 2.78. The van der Waals surface area contributed by atoms with Crippen LogP contribution in [0.1, 0.15) is 0 Å². The van der Waals surface area contributed by atoms with E-state index in [-0.39, 0.29) is 5.82 Å². The Morgan fingerprint density at radius 1 is 1.09 bits per heavy atom. The Morgan fingerprint density at radius 3 is 2.61 bits per heavy atom. The number of aromatic nitrogens is 2. The van der Waals surface area contributed by atoms with E-state index in [0.29, 0.717) is 17.6 Å². The quantitative estimate of drug-likeness (QED) is 0.724. The van der Waals surface area contributed by atoms with Crippen LogP contribution in [0.4, 0.5) is 17.2 Å². The number of hydrogen-bond donors (Lipinski definition) is 2. The Hall–Kier alpha value is -3.15. The number of hydrogen-bond acceptors (Lipinski definition) is 5. The molecule has 23 heavy (non-hydrogen) atoms. The van der Waals surface area contributed by atoms with E-state index >= 15 is 0 Å². The van der Waals surface area contributed by atoms with Crippen LogP contribution in [0.3, 0.4) is 0 Å². The maximum absolute atomic E-state index is 10.6. The molecule has 6 nitrogen and oxygen atoms in total. The third-order valence-corrected chi connectivity index (χ3v) is 3.69. The molecule has 1 amide bonds. The molecule has 0 aliphatic carbocycles. The van der Waals surface area contributed by atoms with Crippen molar-refractivity contribution in [2.24, 2.45) is 0 Å². The minimum atomic E-state index is 0.273. The molecule has 116 valence electrons. The topological polar surface area (TPSA) is 84.1 Å². The molecule has 0 unspecified atom stereocenters. The fourth-order valence-corrected chi connectivity index (χ4v) is 2.43. The van der Waals surface area contributed by atoms with Crippen molar-refractivity contribution >= 4 is 34.5 Å². The van der Waals surface area contributed by atoms with Crippen molar-refractivity contribution in [1.29, 1.82) is 0 Å². The van der Waals surface area contributed by atoms with Gasteiger partial charge >= 0.3 is 0 Å². The van der Waals surface area contributed by atoms with E-state index in [1.165, 1.54) is 0 Å². The zero-order valence-electron chi connectivity index (χ0n) is 12.9. The zero-order chi connectivity index (χ0) is 16.4. The number of anilines is 3. The average Bonchev–Trinajstić information content (AvgIpc) is 2.57. The van der Waals surface area contributed by atoms with E-state index in [1.807, 2.05) is 44.4 Å². The van der Waals surface area contributed by atoms with Crippen LogP contribution >= 0.6 is 0 Å². The first kappa shape index (κ1) is 14.8. The lowest BCUT2D eigenvalue weighted by atomic mass is 10.0. The van der Waals surface area contributed by atoms with Gasteiger partial charge in [0.05, 0.1) is 11.2 Å². The predicted octanol–water partition coefficient (Wildman–Crippen LogP) is 2.51. The predicted molar refractivity (Wildman–Crippen MR) is 93.4 cm³/mol. The van der Waals surface area contributed by atoms with Gasteiger partial charge in [0.1, 0.15) is 0 Å². The number of nitrogen functional groups attached to an aromatic ring is 1. The maximum atomic E-state index is 10.6. The number of carbonyl (C=O) groups is 1. The second-order valence-electron chi connectivity index (χ2n) is 5.40. The minimum absolute atomic E-state index is 0.273. The average molecular weight is 307 g/mol. The number of fused-ring (bicyclic) bond motifs is 1. The molecule has 3 aromatic rings. The highest BCUT2D eigenvalue weighted by Gasteiger charge is 2.09. The van der Waals surface area contributed by atoms with Gasteiger partial charge in [-0.05, 0) is 35.4 Å². The van der Waals surface area contributed by atoms with Crippen molar-refractivity contribution in [3.05, 3.63) is 42.5 Å². The summed E-state index contributed by atoms with van der Waals surface area (Å²) in [6.45, 7) is 0.